The van der Waals surface area contributed by atoms with E-state index in [1.807, 2.05) is 12.1 Å². The topological polar surface area (TPSA) is 119 Å². The van der Waals surface area contributed by atoms with E-state index in [0.29, 0.717) is 11.4 Å². The van der Waals surface area contributed by atoms with Crippen LogP contribution in [0.4, 0.5) is 0 Å². The molecule has 7 nitrogen and oxygen atoms in total. The first-order valence-electron chi connectivity index (χ1n) is 9.65. The number of ether oxygens (including phenoxy) is 1. The van der Waals surface area contributed by atoms with E-state index in [0.717, 1.165) is 35.2 Å². The van der Waals surface area contributed by atoms with Crippen LogP contribution in [0.25, 0.3) is 11.1 Å². The average Bonchev–Trinajstić information content (AvgIpc) is 3.22. The quantitative estimate of drug-likeness (QED) is 0.529. The van der Waals surface area contributed by atoms with Gasteiger partial charge in [0.25, 0.3) is 0 Å². The summed E-state index contributed by atoms with van der Waals surface area (Å²) in [4.78, 5) is 0. The molecule has 0 spiro atoms. The fourth-order valence-electron chi connectivity index (χ4n) is 4.37. The third kappa shape index (κ3) is 3.37. The number of nitrogens with zero attached hydrogens (tertiary/aromatic N) is 2. The third-order valence-electron chi connectivity index (χ3n) is 5.83. The minimum atomic E-state index is -1.53. The molecule has 2 aromatic rings. The summed E-state index contributed by atoms with van der Waals surface area (Å²) in [7, 11) is 0. The molecule has 4 N–H and O–H groups in total. The Morgan fingerprint density at radius 1 is 1.13 bits per heavy atom. The molecular formula is C21H21ClN2O5S. The molecule has 1 aromatic carbocycles. The number of benzene rings is 1. The molecule has 158 valence electrons. The average molecular weight is 449 g/mol. The van der Waals surface area contributed by atoms with Crippen LogP contribution in [-0.2, 0) is 17.6 Å². The Balaban J connectivity index is 1.93. The molecule has 5 atom stereocenters. The number of aliphatic hydroxyl groups excluding tert-OH is 4. The maximum atomic E-state index is 10.6. The lowest BCUT2D eigenvalue weighted by atomic mass is 9.94. The minimum absolute atomic E-state index is 0.174. The van der Waals surface area contributed by atoms with Crippen LogP contribution < -0.4 is 0 Å². The zero-order chi connectivity index (χ0) is 21.6. The number of aromatic nitrogens is 1. The van der Waals surface area contributed by atoms with Gasteiger partial charge in [-0.1, -0.05) is 36.0 Å². The molecule has 1 aliphatic heterocycles. The van der Waals surface area contributed by atoms with Gasteiger partial charge in [0.15, 0.2) is 6.23 Å². The van der Waals surface area contributed by atoms with E-state index >= 15 is 0 Å². The fraction of sp³-hybridized carbons (Fsp3) is 0.429. The van der Waals surface area contributed by atoms with Gasteiger partial charge in [-0.05, 0) is 42.5 Å². The Morgan fingerprint density at radius 3 is 2.47 bits per heavy atom. The zero-order valence-electron chi connectivity index (χ0n) is 15.9. The van der Waals surface area contributed by atoms with E-state index in [2.05, 4.69) is 6.07 Å². The van der Waals surface area contributed by atoms with Gasteiger partial charge in [0.2, 0.25) is 0 Å². The standard InChI is InChI=1S/C21H21ClN2O5S/c22-11-6-4-10(5-7-11)16-12-2-1-3-14(12)24(21(30)13(16)8-23)20-19(28)18(27)17(26)15(9-25)29-20/h4-7,15,17-20,25-28H,1-3,9H2/t15-,17+,18+,19-,20-/m1/s1. The Bertz CT molecular complexity index is 1060. The van der Waals surface area contributed by atoms with Gasteiger partial charge in [0.1, 0.15) is 35.1 Å². The number of pyridine rings is 1. The van der Waals surface area contributed by atoms with Crippen molar-refractivity contribution >= 4 is 23.8 Å². The summed E-state index contributed by atoms with van der Waals surface area (Å²) < 4.78 is 7.48. The molecule has 2 aliphatic rings. The molecule has 1 saturated heterocycles. The first-order chi connectivity index (χ1) is 14.4. The largest absolute Gasteiger partial charge is 0.394 e. The number of hydrogen-bond acceptors (Lipinski definition) is 7. The molecular weight excluding hydrogens is 428 g/mol. The van der Waals surface area contributed by atoms with Crippen molar-refractivity contribution < 1.29 is 25.2 Å². The Hall–Kier alpha value is -1.83. The van der Waals surface area contributed by atoms with Crippen LogP contribution in [0, 0.1) is 16.0 Å². The van der Waals surface area contributed by atoms with Crippen LogP contribution in [0.2, 0.25) is 5.02 Å². The first-order valence-corrected chi connectivity index (χ1v) is 10.4. The number of rotatable bonds is 3. The van der Waals surface area contributed by atoms with Gasteiger partial charge < -0.3 is 29.7 Å². The molecule has 1 aromatic heterocycles. The van der Waals surface area contributed by atoms with Crippen molar-refractivity contribution in [2.45, 2.75) is 49.9 Å². The number of halogens is 1. The third-order valence-corrected chi connectivity index (χ3v) is 6.48. The molecule has 0 unspecified atom stereocenters. The van der Waals surface area contributed by atoms with Gasteiger partial charge in [-0.3, -0.25) is 0 Å². The first kappa shape index (κ1) is 21.4. The van der Waals surface area contributed by atoms with E-state index in [9.17, 15) is 25.7 Å². The number of hydrogen-bond donors (Lipinski definition) is 4. The lowest BCUT2D eigenvalue weighted by Gasteiger charge is -2.41. The fourth-order valence-corrected chi connectivity index (χ4v) is 4.85. The van der Waals surface area contributed by atoms with Crippen LogP contribution in [0.5, 0.6) is 0 Å². The summed E-state index contributed by atoms with van der Waals surface area (Å²) in [6.45, 7) is -0.537. The van der Waals surface area contributed by atoms with Gasteiger partial charge >= 0.3 is 0 Å². The molecule has 0 radical (unpaired) electrons. The van der Waals surface area contributed by atoms with Crippen molar-refractivity contribution in [2.75, 3.05) is 6.61 Å². The number of nitriles is 1. The molecule has 4 rings (SSSR count). The van der Waals surface area contributed by atoms with E-state index in [1.54, 1.807) is 16.7 Å². The van der Waals surface area contributed by atoms with Crippen LogP contribution in [0.15, 0.2) is 24.3 Å². The van der Waals surface area contributed by atoms with E-state index in [-0.39, 0.29) is 10.2 Å². The van der Waals surface area contributed by atoms with Gasteiger partial charge in [-0.25, -0.2) is 0 Å². The highest BCUT2D eigenvalue weighted by Crippen LogP contribution is 2.40. The van der Waals surface area contributed by atoms with Crippen LogP contribution in [-0.4, -0.2) is 56.0 Å². The molecule has 0 amide bonds. The summed E-state index contributed by atoms with van der Waals surface area (Å²) in [5, 5.41) is 51.0. The van der Waals surface area contributed by atoms with Crippen molar-refractivity contribution in [3.05, 3.63) is 50.7 Å². The van der Waals surface area contributed by atoms with Gasteiger partial charge in [-0.2, -0.15) is 5.26 Å². The van der Waals surface area contributed by atoms with Gasteiger partial charge in [-0.15, -0.1) is 0 Å². The second-order valence-corrected chi connectivity index (χ2v) is 8.37. The Kier molecular flexibility index (Phi) is 5.97. The number of fused-ring (bicyclic) bond motifs is 1. The summed E-state index contributed by atoms with van der Waals surface area (Å²) in [6.07, 6.45) is -4.47. The summed E-state index contributed by atoms with van der Waals surface area (Å²) in [5.41, 5.74) is 3.58. The van der Waals surface area contributed by atoms with Gasteiger partial charge in [0, 0.05) is 16.3 Å². The van der Waals surface area contributed by atoms with E-state index < -0.39 is 37.3 Å². The molecule has 9 heteroatoms. The van der Waals surface area contributed by atoms with Crippen LogP contribution in [0.1, 0.15) is 29.5 Å². The minimum Gasteiger partial charge on any atom is -0.394 e. The lowest BCUT2D eigenvalue weighted by molar-refractivity contribution is -0.252. The molecule has 1 fully saturated rings. The van der Waals surface area contributed by atoms with Crippen molar-refractivity contribution in [1.82, 2.24) is 4.57 Å². The molecule has 30 heavy (non-hydrogen) atoms. The second-order valence-electron chi connectivity index (χ2n) is 7.54. The Labute approximate surface area is 183 Å². The monoisotopic (exact) mass is 448 g/mol. The highest BCUT2D eigenvalue weighted by molar-refractivity contribution is 7.71. The van der Waals surface area contributed by atoms with Crippen molar-refractivity contribution in [1.29, 1.82) is 5.26 Å². The van der Waals surface area contributed by atoms with Crippen molar-refractivity contribution in [3.8, 4) is 17.2 Å². The predicted octanol–water partition coefficient (Wildman–Crippen LogP) is 1.87. The highest BCUT2D eigenvalue weighted by Gasteiger charge is 2.45. The maximum absolute atomic E-state index is 10.6. The highest BCUT2D eigenvalue weighted by atomic mass is 35.5. The van der Waals surface area contributed by atoms with Crippen molar-refractivity contribution in [3.63, 3.8) is 0 Å². The van der Waals surface area contributed by atoms with E-state index in [4.69, 9.17) is 28.6 Å². The smallest absolute Gasteiger partial charge is 0.164 e. The summed E-state index contributed by atoms with van der Waals surface area (Å²) >= 11 is 11.7. The normalized spacial score (nSPS) is 28.2. The van der Waals surface area contributed by atoms with E-state index in [1.165, 1.54) is 0 Å². The second kappa shape index (κ2) is 8.36. The van der Waals surface area contributed by atoms with Crippen LogP contribution >= 0.6 is 23.8 Å². The Morgan fingerprint density at radius 2 is 1.83 bits per heavy atom. The molecule has 2 heterocycles. The number of aliphatic hydroxyl groups is 4. The van der Waals surface area contributed by atoms with Crippen LogP contribution in [0.3, 0.4) is 0 Å². The summed E-state index contributed by atoms with van der Waals surface area (Å²) in [6, 6.07) is 9.37. The predicted molar refractivity (Wildman–Crippen MR) is 111 cm³/mol. The molecule has 0 saturated carbocycles. The van der Waals surface area contributed by atoms with Crippen molar-refractivity contribution in [2.24, 2.45) is 0 Å². The molecule has 1 aliphatic carbocycles. The van der Waals surface area contributed by atoms with Gasteiger partial charge in [0.05, 0.1) is 12.2 Å². The molecule has 0 bridgehead atoms. The zero-order valence-corrected chi connectivity index (χ0v) is 17.5. The lowest BCUT2D eigenvalue weighted by Crippen LogP contribution is -2.56. The summed E-state index contributed by atoms with van der Waals surface area (Å²) in [5.74, 6) is 0. The maximum Gasteiger partial charge on any atom is 0.164 e. The SMILES string of the molecule is N#Cc1c(-c2ccc(Cl)cc2)c2c(n([C@@H]3O[C@H](CO)[C@H](O)[C@H](O)[C@H]3O)c1=S)CCC2.